The summed E-state index contributed by atoms with van der Waals surface area (Å²) in [6, 6.07) is 56.5. The molecular formula is C45H31N3O. The van der Waals surface area contributed by atoms with Gasteiger partial charge in [0, 0.05) is 27.5 Å². The number of hydrogen-bond donors (Lipinski definition) is 1. The normalized spacial score (nSPS) is 12.5. The van der Waals surface area contributed by atoms with Gasteiger partial charge in [0.25, 0.3) is 0 Å². The van der Waals surface area contributed by atoms with Crippen LogP contribution in [0.4, 0.5) is 0 Å². The van der Waals surface area contributed by atoms with Crippen molar-refractivity contribution in [1.82, 2.24) is 0 Å². The molecule has 1 aromatic heterocycles. The van der Waals surface area contributed by atoms with Crippen LogP contribution in [-0.2, 0) is 6.54 Å². The molecule has 0 aliphatic carbocycles. The van der Waals surface area contributed by atoms with Crippen molar-refractivity contribution in [3.8, 4) is 11.1 Å². The summed E-state index contributed by atoms with van der Waals surface area (Å²) in [5.74, 6) is 0.976. The molecule has 232 valence electrons. The number of rotatable bonds is 5. The van der Waals surface area contributed by atoms with Gasteiger partial charge in [-0.25, -0.2) is 4.99 Å². The van der Waals surface area contributed by atoms with E-state index >= 15 is 0 Å². The molecule has 9 rings (SSSR count). The van der Waals surface area contributed by atoms with Crippen LogP contribution >= 0.6 is 0 Å². The molecule has 0 fully saturated rings. The predicted molar refractivity (Wildman–Crippen MR) is 206 cm³/mol. The van der Waals surface area contributed by atoms with E-state index in [0.29, 0.717) is 18.2 Å². The Kier molecular flexibility index (Phi) is 6.98. The summed E-state index contributed by atoms with van der Waals surface area (Å²) in [4.78, 5) is 10.3. The standard InChI is InChI=1S/C45H31N3O/c46-44(39-22-11-21-35-34-18-7-5-15-31(34)24-25-37(35)39)48-45(47-28-29-12-2-1-3-13-29)32-26-40(36-20-10-16-30-14-4-6-17-33(30)36)43-41(27-32)38-19-8-9-23-42(38)49-43/h1-27H,28H2,(H2,46,47,48). The highest BCUT2D eigenvalue weighted by Gasteiger charge is 2.19. The van der Waals surface area contributed by atoms with Crippen LogP contribution in [-0.4, -0.2) is 11.7 Å². The molecule has 0 aliphatic heterocycles. The fraction of sp³-hybridized carbons (Fsp3) is 0.0222. The maximum Gasteiger partial charge on any atom is 0.157 e. The van der Waals surface area contributed by atoms with Gasteiger partial charge in [-0.3, -0.25) is 4.99 Å². The van der Waals surface area contributed by atoms with Gasteiger partial charge >= 0.3 is 0 Å². The van der Waals surface area contributed by atoms with Gasteiger partial charge in [0.2, 0.25) is 0 Å². The Bertz CT molecular complexity index is 2750. The van der Waals surface area contributed by atoms with E-state index in [0.717, 1.165) is 65.9 Å². The first kappa shape index (κ1) is 28.7. The van der Waals surface area contributed by atoms with Crippen LogP contribution in [0.25, 0.3) is 65.4 Å². The molecular weight excluding hydrogens is 599 g/mol. The average molecular weight is 630 g/mol. The van der Waals surface area contributed by atoms with E-state index in [1.165, 1.54) is 16.2 Å². The third-order valence-electron chi connectivity index (χ3n) is 9.36. The summed E-state index contributed by atoms with van der Waals surface area (Å²) >= 11 is 0. The molecule has 4 nitrogen and oxygen atoms in total. The van der Waals surface area contributed by atoms with Gasteiger partial charge < -0.3 is 10.2 Å². The molecule has 9 aromatic rings. The van der Waals surface area contributed by atoms with Crippen LogP contribution in [0.15, 0.2) is 178 Å². The number of furan rings is 1. The third kappa shape index (κ3) is 5.11. The average Bonchev–Trinajstić information content (AvgIpc) is 3.54. The van der Waals surface area contributed by atoms with E-state index in [1.807, 2.05) is 42.5 Å². The Morgan fingerprint density at radius 3 is 2.04 bits per heavy atom. The highest BCUT2D eigenvalue weighted by Crippen LogP contribution is 2.40. The van der Waals surface area contributed by atoms with Gasteiger partial charge in [0.15, 0.2) is 5.84 Å². The molecule has 1 heterocycles. The first-order valence-corrected chi connectivity index (χ1v) is 16.5. The fourth-order valence-corrected chi connectivity index (χ4v) is 7.00. The lowest BCUT2D eigenvalue weighted by molar-refractivity contribution is 0.670. The maximum absolute atomic E-state index is 6.97. The van der Waals surface area contributed by atoms with Crippen LogP contribution < -0.4 is 5.73 Å². The first-order chi connectivity index (χ1) is 24.2. The third-order valence-corrected chi connectivity index (χ3v) is 9.36. The van der Waals surface area contributed by atoms with Crippen LogP contribution in [0.3, 0.4) is 0 Å². The monoisotopic (exact) mass is 629 g/mol. The lowest BCUT2D eigenvalue weighted by Gasteiger charge is -2.12. The molecule has 0 atom stereocenters. The molecule has 49 heavy (non-hydrogen) atoms. The number of nitrogens with zero attached hydrogens (tertiary/aromatic N) is 2. The molecule has 0 spiro atoms. The molecule has 0 unspecified atom stereocenters. The van der Waals surface area contributed by atoms with Crippen molar-refractivity contribution in [1.29, 1.82) is 0 Å². The van der Waals surface area contributed by atoms with E-state index < -0.39 is 0 Å². The molecule has 0 radical (unpaired) electrons. The maximum atomic E-state index is 6.97. The summed E-state index contributed by atoms with van der Waals surface area (Å²) in [5.41, 5.74) is 13.5. The Morgan fingerprint density at radius 2 is 1.18 bits per heavy atom. The van der Waals surface area contributed by atoms with Crippen LogP contribution in [0, 0.1) is 0 Å². The number of nitrogens with two attached hydrogens (primary N) is 1. The summed E-state index contributed by atoms with van der Waals surface area (Å²) < 4.78 is 6.58. The minimum absolute atomic E-state index is 0.413. The Hall–Kier alpha value is -6.52. The van der Waals surface area contributed by atoms with Crippen LogP contribution in [0.5, 0.6) is 0 Å². The second-order valence-corrected chi connectivity index (χ2v) is 12.3. The Balaban J connectivity index is 1.29. The molecule has 0 amide bonds. The van der Waals surface area contributed by atoms with Crippen molar-refractivity contribution < 1.29 is 4.42 Å². The number of benzene rings is 8. The summed E-state index contributed by atoms with van der Waals surface area (Å²) in [7, 11) is 0. The molecule has 0 aliphatic rings. The molecule has 0 saturated heterocycles. The van der Waals surface area contributed by atoms with Gasteiger partial charge in [0.1, 0.15) is 17.0 Å². The zero-order chi connectivity index (χ0) is 32.7. The number of hydrogen-bond acceptors (Lipinski definition) is 2. The smallest absolute Gasteiger partial charge is 0.157 e. The first-order valence-electron chi connectivity index (χ1n) is 16.5. The quantitative estimate of drug-likeness (QED) is 0.117. The van der Waals surface area contributed by atoms with Crippen molar-refractivity contribution in [3.63, 3.8) is 0 Å². The van der Waals surface area contributed by atoms with Gasteiger partial charge in [-0.05, 0) is 61.6 Å². The molecule has 2 N–H and O–H groups in total. The molecule has 8 aromatic carbocycles. The van der Waals surface area contributed by atoms with Gasteiger partial charge in [-0.1, -0.05) is 146 Å². The van der Waals surface area contributed by atoms with Gasteiger partial charge in [0.05, 0.1) is 6.54 Å². The van der Waals surface area contributed by atoms with E-state index in [9.17, 15) is 0 Å². The van der Waals surface area contributed by atoms with Crippen molar-refractivity contribution >= 4 is 65.9 Å². The highest BCUT2D eigenvalue weighted by atomic mass is 16.3. The SMILES string of the molecule is NC(=NC(=NCc1ccccc1)c1cc(-c2cccc3ccccc23)c2oc3ccccc3c2c1)c1cccc2c1ccc1ccccc12. The Labute approximate surface area is 283 Å². The predicted octanol–water partition coefficient (Wildman–Crippen LogP) is 11.1. The minimum Gasteiger partial charge on any atom is -0.455 e. The number of aliphatic imine (C=N–C) groups is 2. The zero-order valence-electron chi connectivity index (χ0n) is 26.7. The van der Waals surface area contributed by atoms with E-state index in [2.05, 4.69) is 121 Å². The van der Waals surface area contributed by atoms with Crippen molar-refractivity contribution in [2.45, 2.75) is 6.54 Å². The fourth-order valence-electron chi connectivity index (χ4n) is 7.00. The van der Waals surface area contributed by atoms with E-state index in [1.54, 1.807) is 0 Å². The minimum atomic E-state index is 0.413. The van der Waals surface area contributed by atoms with Gasteiger partial charge in [-0.15, -0.1) is 0 Å². The number of amidine groups is 2. The summed E-state index contributed by atoms with van der Waals surface area (Å²) in [5, 5.41) is 8.93. The summed E-state index contributed by atoms with van der Waals surface area (Å²) in [6.07, 6.45) is 0. The Morgan fingerprint density at radius 1 is 0.510 bits per heavy atom. The zero-order valence-corrected chi connectivity index (χ0v) is 26.7. The molecule has 4 heteroatoms. The van der Waals surface area contributed by atoms with Crippen LogP contribution in [0.2, 0.25) is 0 Å². The second-order valence-electron chi connectivity index (χ2n) is 12.3. The second kappa shape index (κ2) is 11.9. The van der Waals surface area contributed by atoms with Crippen molar-refractivity contribution in [3.05, 3.63) is 180 Å². The van der Waals surface area contributed by atoms with Crippen molar-refractivity contribution in [2.75, 3.05) is 0 Å². The van der Waals surface area contributed by atoms with E-state index in [4.69, 9.17) is 20.1 Å². The van der Waals surface area contributed by atoms with E-state index in [-0.39, 0.29) is 0 Å². The van der Waals surface area contributed by atoms with Gasteiger partial charge in [-0.2, -0.15) is 0 Å². The largest absolute Gasteiger partial charge is 0.455 e. The van der Waals surface area contributed by atoms with Crippen LogP contribution in [0.1, 0.15) is 16.7 Å². The molecule has 0 saturated carbocycles. The topological polar surface area (TPSA) is 63.9 Å². The number of fused-ring (bicyclic) bond motifs is 7. The highest BCUT2D eigenvalue weighted by molar-refractivity contribution is 6.21. The van der Waals surface area contributed by atoms with Crippen molar-refractivity contribution in [2.24, 2.45) is 15.7 Å². The molecule has 0 bridgehead atoms. The summed E-state index contributed by atoms with van der Waals surface area (Å²) in [6.45, 7) is 0.459. The lowest BCUT2D eigenvalue weighted by atomic mass is 9.94. The lowest BCUT2D eigenvalue weighted by Crippen LogP contribution is -2.17. The number of para-hydroxylation sites is 1.